The Kier molecular flexibility index (Phi) is 4.77. The molecule has 2 saturated heterocycles. The normalized spacial score (nSPS) is 31.8. The van der Waals surface area contributed by atoms with Crippen LogP contribution in [0.1, 0.15) is 43.6 Å². The molecule has 0 spiro atoms. The van der Waals surface area contributed by atoms with Gasteiger partial charge in [-0.3, -0.25) is 0 Å². The lowest BCUT2D eigenvalue weighted by Gasteiger charge is -2.43. The number of oxime groups is 1. The minimum atomic E-state index is -0.150. The second-order valence-electron chi connectivity index (χ2n) is 6.57. The third-order valence-corrected chi connectivity index (χ3v) is 5.54. The maximum absolute atomic E-state index is 13.2. The average Bonchev–Trinajstić information content (AvgIpc) is 2.77. The molecule has 2 aliphatic heterocycles. The molecule has 0 aliphatic carbocycles. The molecule has 0 aromatic heterocycles. The van der Waals surface area contributed by atoms with Crippen molar-refractivity contribution >= 4 is 6.21 Å². The summed E-state index contributed by atoms with van der Waals surface area (Å²) in [6.45, 7) is 0. The van der Waals surface area contributed by atoms with Gasteiger partial charge in [-0.25, -0.2) is 4.39 Å². The zero-order valence-corrected chi connectivity index (χ0v) is 13.4. The lowest BCUT2D eigenvalue weighted by atomic mass is 9.74. The Balaban J connectivity index is 1.79. The first kappa shape index (κ1) is 15.5. The van der Waals surface area contributed by atoms with Crippen LogP contribution in [0.2, 0.25) is 0 Å². The van der Waals surface area contributed by atoms with Crippen molar-refractivity contribution in [3.63, 3.8) is 0 Å². The SMILES string of the molecule is CON=CCCC1C(c2ccc(F)cc2)CC2CCC1N2C. The molecule has 4 unspecified atom stereocenters. The van der Waals surface area contributed by atoms with Gasteiger partial charge in [0.1, 0.15) is 12.9 Å². The van der Waals surface area contributed by atoms with E-state index in [1.54, 1.807) is 19.2 Å². The summed E-state index contributed by atoms with van der Waals surface area (Å²) in [7, 11) is 3.84. The molecule has 2 aliphatic rings. The number of fused-ring (bicyclic) bond motifs is 2. The fraction of sp³-hybridized carbons (Fsp3) is 0.611. The second-order valence-corrected chi connectivity index (χ2v) is 6.57. The highest BCUT2D eigenvalue weighted by atomic mass is 19.1. The number of hydrogen-bond donors (Lipinski definition) is 0. The number of rotatable bonds is 5. The fourth-order valence-electron chi connectivity index (χ4n) is 4.46. The zero-order chi connectivity index (χ0) is 15.5. The van der Waals surface area contributed by atoms with E-state index < -0.39 is 0 Å². The predicted octanol–water partition coefficient (Wildman–Crippen LogP) is 3.80. The lowest BCUT2D eigenvalue weighted by Crippen LogP contribution is -2.45. The molecule has 4 atom stereocenters. The highest BCUT2D eigenvalue weighted by molar-refractivity contribution is 5.56. The van der Waals surface area contributed by atoms with Crippen molar-refractivity contribution in [2.45, 2.75) is 50.1 Å². The third-order valence-electron chi connectivity index (χ3n) is 5.54. The van der Waals surface area contributed by atoms with E-state index in [0.717, 1.165) is 12.8 Å². The van der Waals surface area contributed by atoms with Gasteiger partial charge in [0.25, 0.3) is 0 Å². The van der Waals surface area contributed by atoms with Gasteiger partial charge in [0.15, 0.2) is 0 Å². The largest absolute Gasteiger partial charge is 0.399 e. The lowest BCUT2D eigenvalue weighted by molar-refractivity contribution is 0.0957. The van der Waals surface area contributed by atoms with E-state index in [0.29, 0.717) is 23.9 Å². The van der Waals surface area contributed by atoms with Gasteiger partial charge in [-0.05, 0) is 68.7 Å². The summed E-state index contributed by atoms with van der Waals surface area (Å²) < 4.78 is 13.2. The first-order valence-corrected chi connectivity index (χ1v) is 8.23. The topological polar surface area (TPSA) is 24.8 Å². The van der Waals surface area contributed by atoms with E-state index in [1.165, 1.54) is 24.8 Å². The van der Waals surface area contributed by atoms with Gasteiger partial charge in [-0.15, -0.1) is 0 Å². The quantitative estimate of drug-likeness (QED) is 0.610. The Morgan fingerprint density at radius 1 is 1.32 bits per heavy atom. The molecule has 2 bridgehead atoms. The molecular weight excluding hydrogens is 279 g/mol. The summed E-state index contributed by atoms with van der Waals surface area (Å²) in [4.78, 5) is 7.32. The fourth-order valence-corrected chi connectivity index (χ4v) is 4.46. The summed E-state index contributed by atoms with van der Waals surface area (Å²) in [5.74, 6) is 0.992. The second kappa shape index (κ2) is 6.78. The van der Waals surface area contributed by atoms with Crippen LogP contribution in [0.5, 0.6) is 0 Å². The molecule has 1 aromatic carbocycles. The number of benzene rings is 1. The Hall–Kier alpha value is -1.42. The van der Waals surface area contributed by atoms with E-state index in [-0.39, 0.29) is 5.82 Å². The van der Waals surface area contributed by atoms with Crippen molar-refractivity contribution in [2.75, 3.05) is 14.2 Å². The zero-order valence-electron chi connectivity index (χ0n) is 13.4. The van der Waals surface area contributed by atoms with E-state index in [4.69, 9.17) is 4.84 Å². The first-order chi connectivity index (χ1) is 10.7. The van der Waals surface area contributed by atoms with Crippen molar-refractivity contribution in [3.8, 4) is 0 Å². The minimum Gasteiger partial charge on any atom is -0.399 e. The smallest absolute Gasteiger partial charge is 0.123 e. The summed E-state index contributed by atoms with van der Waals surface area (Å²) in [5.41, 5.74) is 1.29. The van der Waals surface area contributed by atoms with Crippen molar-refractivity contribution < 1.29 is 9.23 Å². The van der Waals surface area contributed by atoms with E-state index in [1.807, 2.05) is 18.3 Å². The van der Waals surface area contributed by atoms with Crippen LogP contribution in [0.3, 0.4) is 0 Å². The van der Waals surface area contributed by atoms with Crippen LogP contribution < -0.4 is 0 Å². The number of hydrogen-bond acceptors (Lipinski definition) is 3. The Morgan fingerprint density at radius 2 is 2.09 bits per heavy atom. The van der Waals surface area contributed by atoms with Crippen LogP contribution in [0.4, 0.5) is 4.39 Å². The Morgan fingerprint density at radius 3 is 2.82 bits per heavy atom. The van der Waals surface area contributed by atoms with Gasteiger partial charge < -0.3 is 9.74 Å². The van der Waals surface area contributed by atoms with Crippen LogP contribution in [-0.2, 0) is 4.84 Å². The van der Waals surface area contributed by atoms with Crippen LogP contribution in [-0.4, -0.2) is 37.4 Å². The van der Waals surface area contributed by atoms with Gasteiger partial charge in [-0.2, -0.15) is 0 Å². The summed E-state index contributed by atoms with van der Waals surface area (Å²) in [5, 5.41) is 3.86. The Bertz CT molecular complexity index is 516. The van der Waals surface area contributed by atoms with Gasteiger partial charge in [-0.1, -0.05) is 17.3 Å². The highest BCUT2D eigenvalue weighted by Crippen LogP contribution is 2.47. The average molecular weight is 304 g/mol. The third kappa shape index (κ3) is 3.02. The minimum absolute atomic E-state index is 0.150. The number of piperidine rings is 1. The number of nitrogens with zero attached hydrogens (tertiary/aromatic N) is 2. The van der Waals surface area contributed by atoms with Crippen LogP contribution >= 0.6 is 0 Å². The van der Waals surface area contributed by atoms with Crippen molar-refractivity contribution in [3.05, 3.63) is 35.6 Å². The maximum Gasteiger partial charge on any atom is 0.123 e. The summed E-state index contributed by atoms with van der Waals surface area (Å²) >= 11 is 0. The molecule has 0 saturated carbocycles. The molecule has 22 heavy (non-hydrogen) atoms. The standard InChI is InChI=1S/C18H25FN2O/c1-21-15-9-10-18(21)16(4-3-11-20-22-2)17(12-15)13-5-7-14(19)8-6-13/h5-8,11,15-18H,3-4,9-10,12H2,1-2H3. The first-order valence-electron chi connectivity index (χ1n) is 8.23. The molecule has 1 aromatic rings. The van der Waals surface area contributed by atoms with Crippen molar-refractivity contribution in [2.24, 2.45) is 11.1 Å². The van der Waals surface area contributed by atoms with Crippen LogP contribution in [0.25, 0.3) is 0 Å². The number of halogens is 1. The Labute approximate surface area is 132 Å². The van der Waals surface area contributed by atoms with E-state index in [9.17, 15) is 4.39 Å². The van der Waals surface area contributed by atoms with Gasteiger partial charge >= 0.3 is 0 Å². The maximum atomic E-state index is 13.2. The van der Waals surface area contributed by atoms with Crippen LogP contribution in [0.15, 0.2) is 29.4 Å². The van der Waals surface area contributed by atoms with Gasteiger partial charge in [0, 0.05) is 18.3 Å². The molecule has 4 heteroatoms. The molecule has 0 N–H and O–H groups in total. The molecule has 3 rings (SSSR count). The monoisotopic (exact) mass is 304 g/mol. The predicted molar refractivity (Wildman–Crippen MR) is 86.6 cm³/mol. The molecule has 120 valence electrons. The molecule has 3 nitrogen and oxygen atoms in total. The van der Waals surface area contributed by atoms with E-state index >= 15 is 0 Å². The van der Waals surface area contributed by atoms with E-state index in [2.05, 4.69) is 17.1 Å². The molecule has 2 heterocycles. The van der Waals surface area contributed by atoms with Gasteiger partial charge in [0.05, 0.1) is 0 Å². The molecule has 2 fully saturated rings. The molecule has 0 amide bonds. The highest BCUT2D eigenvalue weighted by Gasteiger charge is 2.45. The van der Waals surface area contributed by atoms with Crippen molar-refractivity contribution in [1.82, 2.24) is 4.90 Å². The molecular formula is C18H25FN2O. The summed E-state index contributed by atoms with van der Waals surface area (Å²) in [6.07, 6.45) is 7.67. The van der Waals surface area contributed by atoms with Crippen LogP contribution in [0, 0.1) is 11.7 Å². The van der Waals surface area contributed by atoms with Crippen molar-refractivity contribution in [1.29, 1.82) is 0 Å². The molecule has 0 radical (unpaired) electrons. The summed E-state index contributed by atoms with van der Waals surface area (Å²) in [6, 6.07) is 8.47. The van der Waals surface area contributed by atoms with Gasteiger partial charge in [0.2, 0.25) is 0 Å².